The molecule has 0 bridgehead atoms. The lowest BCUT2D eigenvalue weighted by molar-refractivity contribution is 0.498. The molecule has 18 heavy (non-hydrogen) atoms. The standard InChI is InChI=1S/C16H22N2/c1-4-9-16-14(6-1)10-13-18(16)12-5-11-17-15-7-2-3-8-15/h1,4,6,9-10,13,15,17H,2-3,5,7-8,11-12H2. The van der Waals surface area contributed by atoms with E-state index in [1.165, 1.54) is 43.0 Å². The van der Waals surface area contributed by atoms with Gasteiger partial charge in [-0.1, -0.05) is 31.0 Å². The Morgan fingerprint density at radius 1 is 1.11 bits per heavy atom. The van der Waals surface area contributed by atoms with E-state index < -0.39 is 0 Å². The summed E-state index contributed by atoms with van der Waals surface area (Å²) >= 11 is 0. The van der Waals surface area contributed by atoms with E-state index in [1.807, 2.05) is 0 Å². The van der Waals surface area contributed by atoms with Gasteiger partial charge in [-0.3, -0.25) is 0 Å². The third kappa shape index (κ3) is 2.59. The van der Waals surface area contributed by atoms with E-state index in [2.05, 4.69) is 46.4 Å². The topological polar surface area (TPSA) is 17.0 Å². The number of aromatic nitrogens is 1. The lowest BCUT2D eigenvalue weighted by atomic mass is 10.2. The van der Waals surface area contributed by atoms with Crippen LogP contribution in [0.5, 0.6) is 0 Å². The van der Waals surface area contributed by atoms with Gasteiger partial charge in [0.15, 0.2) is 0 Å². The first kappa shape index (κ1) is 11.8. The molecule has 0 spiro atoms. The Balaban J connectivity index is 1.50. The van der Waals surface area contributed by atoms with E-state index in [4.69, 9.17) is 0 Å². The highest BCUT2D eigenvalue weighted by atomic mass is 15.0. The van der Waals surface area contributed by atoms with Crippen LogP contribution in [-0.4, -0.2) is 17.2 Å². The van der Waals surface area contributed by atoms with Gasteiger partial charge in [0.05, 0.1) is 0 Å². The Labute approximate surface area is 109 Å². The van der Waals surface area contributed by atoms with E-state index in [1.54, 1.807) is 0 Å². The van der Waals surface area contributed by atoms with Crippen molar-refractivity contribution in [3.8, 4) is 0 Å². The maximum absolute atomic E-state index is 3.68. The van der Waals surface area contributed by atoms with Crippen molar-refractivity contribution in [1.82, 2.24) is 9.88 Å². The van der Waals surface area contributed by atoms with Crippen molar-refractivity contribution < 1.29 is 0 Å². The van der Waals surface area contributed by atoms with Gasteiger partial charge in [-0.2, -0.15) is 0 Å². The predicted molar refractivity (Wildman–Crippen MR) is 76.8 cm³/mol. The van der Waals surface area contributed by atoms with Crippen LogP contribution in [0.25, 0.3) is 10.9 Å². The number of hydrogen-bond acceptors (Lipinski definition) is 1. The number of nitrogens with zero attached hydrogens (tertiary/aromatic N) is 1. The van der Waals surface area contributed by atoms with Gasteiger partial charge in [0.2, 0.25) is 0 Å². The van der Waals surface area contributed by atoms with Gasteiger partial charge in [0.25, 0.3) is 0 Å². The summed E-state index contributed by atoms with van der Waals surface area (Å²) in [5, 5.41) is 5.03. The molecule has 0 radical (unpaired) electrons. The van der Waals surface area contributed by atoms with E-state index in [0.29, 0.717) is 0 Å². The summed E-state index contributed by atoms with van der Waals surface area (Å²) in [6.07, 6.45) is 9.02. The van der Waals surface area contributed by atoms with Gasteiger partial charge in [0, 0.05) is 24.3 Å². The minimum atomic E-state index is 0.798. The van der Waals surface area contributed by atoms with Crippen molar-refractivity contribution in [3.05, 3.63) is 36.5 Å². The van der Waals surface area contributed by atoms with Gasteiger partial charge in [-0.15, -0.1) is 0 Å². The number of aryl methyl sites for hydroxylation is 1. The molecule has 0 saturated heterocycles. The highest BCUT2D eigenvalue weighted by Gasteiger charge is 2.13. The van der Waals surface area contributed by atoms with Crippen LogP contribution in [0.15, 0.2) is 36.5 Å². The zero-order chi connectivity index (χ0) is 12.2. The van der Waals surface area contributed by atoms with E-state index in [0.717, 1.165) is 19.1 Å². The Morgan fingerprint density at radius 3 is 2.83 bits per heavy atom. The summed E-state index contributed by atoms with van der Waals surface area (Å²) in [7, 11) is 0. The summed E-state index contributed by atoms with van der Waals surface area (Å²) in [6.45, 7) is 2.27. The van der Waals surface area contributed by atoms with Crippen LogP contribution in [0.2, 0.25) is 0 Å². The van der Waals surface area contributed by atoms with Gasteiger partial charge in [-0.05, 0) is 43.3 Å². The van der Waals surface area contributed by atoms with Crippen LogP contribution in [0, 0.1) is 0 Å². The fourth-order valence-corrected chi connectivity index (χ4v) is 3.02. The van der Waals surface area contributed by atoms with E-state index >= 15 is 0 Å². The third-order valence-corrected chi connectivity index (χ3v) is 4.04. The molecule has 1 aliphatic carbocycles. The van der Waals surface area contributed by atoms with Crippen LogP contribution in [0.1, 0.15) is 32.1 Å². The molecular formula is C16H22N2. The molecule has 1 fully saturated rings. The summed E-state index contributed by atoms with van der Waals surface area (Å²) in [5.41, 5.74) is 1.36. The number of nitrogens with one attached hydrogen (secondary N) is 1. The fourth-order valence-electron chi connectivity index (χ4n) is 3.02. The predicted octanol–water partition coefficient (Wildman–Crippen LogP) is 3.56. The van der Waals surface area contributed by atoms with Crippen LogP contribution >= 0.6 is 0 Å². The number of rotatable bonds is 5. The van der Waals surface area contributed by atoms with Crippen molar-refractivity contribution >= 4 is 10.9 Å². The smallest absolute Gasteiger partial charge is 0.0480 e. The number of hydrogen-bond donors (Lipinski definition) is 1. The molecule has 1 N–H and O–H groups in total. The maximum Gasteiger partial charge on any atom is 0.0480 e. The zero-order valence-corrected chi connectivity index (χ0v) is 10.9. The number of para-hydroxylation sites is 1. The largest absolute Gasteiger partial charge is 0.347 e. The second-order valence-electron chi connectivity index (χ2n) is 5.36. The lowest BCUT2D eigenvalue weighted by Gasteiger charge is -2.12. The molecule has 0 aliphatic heterocycles. The van der Waals surface area contributed by atoms with E-state index in [-0.39, 0.29) is 0 Å². The molecule has 1 aromatic carbocycles. The highest BCUT2D eigenvalue weighted by molar-refractivity contribution is 5.79. The normalized spacial score (nSPS) is 16.7. The summed E-state index contributed by atoms with van der Waals surface area (Å²) in [5.74, 6) is 0. The zero-order valence-electron chi connectivity index (χ0n) is 10.9. The molecule has 1 heterocycles. The van der Waals surface area contributed by atoms with Gasteiger partial charge in [-0.25, -0.2) is 0 Å². The monoisotopic (exact) mass is 242 g/mol. The average Bonchev–Trinajstić information content (AvgIpc) is 3.04. The van der Waals surface area contributed by atoms with Gasteiger partial charge in [0.1, 0.15) is 0 Å². The second-order valence-corrected chi connectivity index (χ2v) is 5.36. The second kappa shape index (κ2) is 5.57. The summed E-state index contributed by atoms with van der Waals surface area (Å²) < 4.78 is 2.37. The molecule has 0 unspecified atom stereocenters. The van der Waals surface area contributed by atoms with Crippen molar-refractivity contribution in [1.29, 1.82) is 0 Å². The molecule has 2 heteroatoms. The summed E-state index contributed by atoms with van der Waals surface area (Å²) in [6, 6.07) is 11.6. The minimum absolute atomic E-state index is 0.798. The summed E-state index contributed by atoms with van der Waals surface area (Å²) in [4.78, 5) is 0. The molecule has 0 atom stereocenters. The maximum atomic E-state index is 3.68. The van der Waals surface area contributed by atoms with Gasteiger partial charge < -0.3 is 9.88 Å². The Kier molecular flexibility index (Phi) is 3.65. The Hall–Kier alpha value is -1.28. The molecule has 2 nitrogen and oxygen atoms in total. The van der Waals surface area contributed by atoms with Crippen LogP contribution in [-0.2, 0) is 6.54 Å². The van der Waals surface area contributed by atoms with Gasteiger partial charge >= 0.3 is 0 Å². The fraction of sp³-hybridized carbons (Fsp3) is 0.500. The molecule has 2 aromatic rings. The Morgan fingerprint density at radius 2 is 1.94 bits per heavy atom. The van der Waals surface area contributed by atoms with E-state index in [9.17, 15) is 0 Å². The minimum Gasteiger partial charge on any atom is -0.347 e. The average molecular weight is 242 g/mol. The van der Waals surface area contributed by atoms with Crippen LogP contribution in [0.4, 0.5) is 0 Å². The Bertz CT molecular complexity index is 495. The molecule has 1 aromatic heterocycles. The first-order chi connectivity index (χ1) is 8.93. The lowest BCUT2D eigenvalue weighted by Crippen LogP contribution is -2.27. The van der Waals surface area contributed by atoms with Crippen LogP contribution in [0.3, 0.4) is 0 Å². The first-order valence-corrected chi connectivity index (χ1v) is 7.21. The number of fused-ring (bicyclic) bond motifs is 1. The highest BCUT2D eigenvalue weighted by Crippen LogP contribution is 2.18. The number of benzene rings is 1. The molecular weight excluding hydrogens is 220 g/mol. The molecule has 3 rings (SSSR count). The van der Waals surface area contributed by atoms with Crippen molar-refractivity contribution in [2.75, 3.05) is 6.54 Å². The third-order valence-electron chi connectivity index (χ3n) is 4.04. The SMILES string of the molecule is c1ccc2c(c1)ccn2CCCNC1CCCC1. The van der Waals surface area contributed by atoms with Crippen molar-refractivity contribution in [2.24, 2.45) is 0 Å². The van der Waals surface area contributed by atoms with Crippen LogP contribution < -0.4 is 5.32 Å². The van der Waals surface area contributed by atoms with Crippen molar-refractivity contribution in [3.63, 3.8) is 0 Å². The quantitative estimate of drug-likeness (QED) is 0.793. The molecule has 0 amide bonds. The first-order valence-electron chi connectivity index (χ1n) is 7.21. The van der Waals surface area contributed by atoms with Crippen molar-refractivity contribution in [2.45, 2.75) is 44.7 Å². The molecule has 96 valence electrons. The molecule has 1 saturated carbocycles. The molecule has 1 aliphatic rings.